The molecule has 1 atom stereocenters. The van der Waals surface area contributed by atoms with Crippen molar-refractivity contribution in [3.8, 4) is 0 Å². The molecule has 0 spiro atoms. The minimum Gasteiger partial charge on any atom is -0.342 e. The summed E-state index contributed by atoms with van der Waals surface area (Å²) in [5, 5.41) is 0. The lowest BCUT2D eigenvalue weighted by Gasteiger charge is -2.42. The molecule has 1 aromatic carbocycles. The monoisotopic (exact) mass is 376 g/mol. The molecule has 5 heteroatoms. The van der Waals surface area contributed by atoms with Crippen molar-refractivity contribution >= 4 is 5.91 Å². The predicted molar refractivity (Wildman–Crippen MR) is 101 cm³/mol. The van der Waals surface area contributed by atoms with Crippen molar-refractivity contribution in [3.05, 3.63) is 35.4 Å². The Labute approximate surface area is 160 Å². The van der Waals surface area contributed by atoms with E-state index in [1.807, 2.05) is 0 Å². The summed E-state index contributed by atoms with van der Waals surface area (Å²) in [5.74, 6) is 0.353. The highest BCUT2D eigenvalue weighted by Gasteiger charge is 2.36. The fourth-order valence-corrected chi connectivity index (χ4v) is 4.82. The Morgan fingerprint density at radius 1 is 1.00 bits per heavy atom. The summed E-state index contributed by atoms with van der Waals surface area (Å²) in [6.07, 6.45) is 7.90. The van der Waals surface area contributed by atoms with E-state index in [1.165, 1.54) is 18.2 Å². The summed E-state index contributed by atoms with van der Waals surface area (Å²) in [4.78, 5) is 16.9. The molecule has 1 amide bonds. The largest absolute Gasteiger partial charge is 0.342 e. The average Bonchev–Trinajstić information content (AvgIpc) is 3.53. The van der Waals surface area contributed by atoms with Crippen LogP contribution in [0.25, 0.3) is 0 Å². The van der Waals surface area contributed by atoms with Crippen LogP contribution in [0.4, 0.5) is 8.78 Å². The Bertz CT molecular complexity index is 648. The van der Waals surface area contributed by atoms with Crippen LogP contribution in [-0.4, -0.2) is 47.9 Å². The van der Waals surface area contributed by atoms with E-state index >= 15 is 0 Å². The Hall–Kier alpha value is -1.49. The molecular formula is C22H30F2N2O. The second kappa shape index (κ2) is 8.26. The quantitative estimate of drug-likeness (QED) is 0.775. The zero-order chi connectivity index (χ0) is 18.8. The second-order valence-electron chi connectivity index (χ2n) is 8.57. The van der Waals surface area contributed by atoms with Crippen LogP contribution in [0.2, 0.25) is 0 Å². The van der Waals surface area contributed by atoms with E-state index in [2.05, 4.69) is 9.80 Å². The van der Waals surface area contributed by atoms with Gasteiger partial charge >= 0.3 is 0 Å². The topological polar surface area (TPSA) is 23.6 Å². The zero-order valence-electron chi connectivity index (χ0n) is 16.0. The Morgan fingerprint density at radius 3 is 2.37 bits per heavy atom. The van der Waals surface area contributed by atoms with Crippen LogP contribution in [0, 0.1) is 23.5 Å². The number of piperidine rings is 2. The molecule has 3 aliphatic rings. The molecule has 2 heterocycles. The Kier molecular flexibility index (Phi) is 5.76. The van der Waals surface area contributed by atoms with Gasteiger partial charge in [0.05, 0.1) is 0 Å². The van der Waals surface area contributed by atoms with Gasteiger partial charge < -0.3 is 4.90 Å². The van der Waals surface area contributed by atoms with Gasteiger partial charge in [-0.2, -0.15) is 0 Å². The van der Waals surface area contributed by atoms with Crippen molar-refractivity contribution in [2.24, 2.45) is 11.8 Å². The van der Waals surface area contributed by atoms with Crippen LogP contribution >= 0.6 is 0 Å². The lowest BCUT2D eigenvalue weighted by atomic mass is 9.89. The maximum absolute atomic E-state index is 13.9. The molecular weight excluding hydrogens is 346 g/mol. The molecule has 3 fully saturated rings. The number of likely N-dealkylation sites (tertiary alicyclic amines) is 2. The third-order valence-corrected chi connectivity index (χ3v) is 6.63. The molecule has 0 radical (unpaired) electrons. The first-order chi connectivity index (χ1) is 13.1. The molecule has 2 saturated heterocycles. The molecule has 0 N–H and O–H groups in total. The average molecular weight is 376 g/mol. The first-order valence-electron chi connectivity index (χ1n) is 10.6. The molecule has 0 bridgehead atoms. The predicted octanol–water partition coefficient (Wildman–Crippen LogP) is 4.01. The van der Waals surface area contributed by atoms with Gasteiger partial charge in [-0.25, -0.2) is 8.78 Å². The number of carbonyl (C=O) groups is 1. The van der Waals surface area contributed by atoms with E-state index in [1.54, 1.807) is 0 Å². The van der Waals surface area contributed by atoms with E-state index < -0.39 is 11.6 Å². The summed E-state index contributed by atoms with van der Waals surface area (Å²) >= 11 is 0. The van der Waals surface area contributed by atoms with Crippen molar-refractivity contribution in [2.75, 3.05) is 26.2 Å². The number of benzene rings is 1. The molecule has 1 saturated carbocycles. The highest BCUT2D eigenvalue weighted by atomic mass is 19.1. The molecule has 27 heavy (non-hydrogen) atoms. The van der Waals surface area contributed by atoms with Gasteiger partial charge in [0.15, 0.2) is 0 Å². The molecule has 148 valence electrons. The van der Waals surface area contributed by atoms with E-state index in [0.717, 1.165) is 71.1 Å². The van der Waals surface area contributed by atoms with Crippen molar-refractivity contribution in [2.45, 2.75) is 57.4 Å². The maximum Gasteiger partial charge on any atom is 0.225 e. The first kappa shape index (κ1) is 18.9. The van der Waals surface area contributed by atoms with E-state index in [-0.39, 0.29) is 5.56 Å². The van der Waals surface area contributed by atoms with Crippen LogP contribution in [0.1, 0.15) is 50.5 Å². The van der Waals surface area contributed by atoms with Gasteiger partial charge in [0.1, 0.15) is 11.6 Å². The normalized spacial score (nSPS) is 25.0. The minimum absolute atomic E-state index is 0.238. The lowest BCUT2D eigenvalue weighted by molar-refractivity contribution is -0.134. The van der Waals surface area contributed by atoms with Gasteiger partial charge in [-0.1, -0.05) is 6.07 Å². The van der Waals surface area contributed by atoms with E-state index in [0.29, 0.717) is 30.2 Å². The highest BCUT2D eigenvalue weighted by Crippen LogP contribution is 2.33. The second-order valence-corrected chi connectivity index (χ2v) is 8.57. The zero-order valence-corrected chi connectivity index (χ0v) is 16.0. The highest BCUT2D eigenvalue weighted by molar-refractivity contribution is 5.81. The molecule has 4 rings (SSSR count). The van der Waals surface area contributed by atoms with E-state index in [4.69, 9.17) is 0 Å². The third kappa shape index (κ3) is 4.50. The number of hydrogen-bond acceptors (Lipinski definition) is 2. The minimum atomic E-state index is -0.421. The van der Waals surface area contributed by atoms with Gasteiger partial charge in [-0.3, -0.25) is 9.69 Å². The smallest absolute Gasteiger partial charge is 0.225 e. The number of amides is 1. The SMILES string of the molecule is O=C(C1CC1)N1CCC(N2CCC[C@@H](CCc3c(F)cccc3F)C2)CC1. The Balaban J connectivity index is 1.26. The van der Waals surface area contributed by atoms with Crippen LogP contribution in [0.3, 0.4) is 0 Å². The molecule has 2 aliphatic heterocycles. The summed E-state index contributed by atoms with van der Waals surface area (Å²) in [5.41, 5.74) is 0.238. The van der Waals surface area contributed by atoms with Gasteiger partial charge in [0.2, 0.25) is 5.91 Å². The van der Waals surface area contributed by atoms with Crippen LogP contribution in [0.5, 0.6) is 0 Å². The number of rotatable bonds is 5. The lowest BCUT2D eigenvalue weighted by Crippen LogP contribution is -2.50. The summed E-state index contributed by atoms with van der Waals surface area (Å²) < 4.78 is 27.7. The van der Waals surface area contributed by atoms with E-state index in [9.17, 15) is 13.6 Å². The number of carbonyl (C=O) groups excluding carboxylic acids is 1. The number of nitrogens with zero attached hydrogens (tertiary/aromatic N) is 2. The molecule has 3 nitrogen and oxygen atoms in total. The van der Waals surface area contributed by atoms with Crippen LogP contribution in [0.15, 0.2) is 18.2 Å². The molecule has 0 aromatic heterocycles. The fraction of sp³-hybridized carbons (Fsp3) is 0.682. The summed E-state index contributed by atoms with van der Waals surface area (Å²) in [7, 11) is 0. The van der Waals surface area contributed by atoms with Crippen molar-refractivity contribution in [1.82, 2.24) is 9.80 Å². The van der Waals surface area contributed by atoms with Gasteiger partial charge in [-0.15, -0.1) is 0 Å². The first-order valence-corrected chi connectivity index (χ1v) is 10.6. The Morgan fingerprint density at radius 2 is 1.70 bits per heavy atom. The van der Waals surface area contributed by atoms with Crippen molar-refractivity contribution < 1.29 is 13.6 Å². The standard InChI is InChI=1S/C22H30F2N2O/c23-20-4-1-5-21(24)19(20)9-6-16-3-2-12-26(15-16)18-10-13-25(14-11-18)22(27)17-7-8-17/h1,4-5,16-18H,2-3,6-15H2/t16-/m0/s1. The third-order valence-electron chi connectivity index (χ3n) is 6.63. The molecule has 1 aliphatic carbocycles. The van der Waals surface area contributed by atoms with Gasteiger partial charge in [0.25, 0.3) is 0 Å². The van der Waals surface area contributed by atoms with Crippen LogP contribution < -0.4 is 0 Å². The summed E-state index contributed by atoms with van der Waals surface area (Å²) in [6, 6.07) is 4.68. The van der Waals surface area contributed by atoms with Crippen LogP contribution in [-0.2, 0) is 11.2 Å². The molecule has 1 aromatic rings. The fourth-order valence-electron chi connectivity index (χ4n) is 4.82. The van der Waals surface area contributed by atoms with Crippen molar-refractivity contribution in [1.29, 1.82) is 0 Å². The number of halogens is 2. The van der Waals surface area contributed by atoms with Gasteiger partial charge in [0, 0.05) is 37.2 Å². The summed E-state index contributed by atoms with van der Waals surface area (Å²) in [6.45, 7) is 3.92. The van der Waals surface area contributed by atoms with Crippen molar-refractivity contribution in [3.63, 3.8) is 0 Å². The van der Waals surface area contributed by atoms with Gasteiger partial charge in [-0.05, 0) is 76.0 Å². The maximum atomic E-state index is 13.9. The number of hydrogen-bond donors (Lipinski definition) is 0. The molecule has 0 unspecified atom stereocenters.